The Morgan fingerprint density at radius 1 is 1.43 bits per heavy atom. The van der Waals surface area contributed by atoms with Crippen LogP contribution in [0.3, 0.4) is 0 Å². The van der Waals surface area contributed by atoms with Crippen LogP contribution in [0.2, 0.25) is 0 Å². The molecule has 0 fully saturated rings. The maximum Gasteiger partial charge on any atom is 0.279 e. The van der Waals surface area contributed by atoms with Gasteiger partial charge in [-0.05, 0) is 19.8 Å². The minimum atomic E-state index is -3.37. The molecule has 0 spiro atoms. The highest BCUT2D eigenvalue weighted by molar-refractivity contribution is 7.87. The molecule has 0 aliphatic heterocycles. The van der Waals surface area contributed by atoms with Crippen molar-refractivity contribution in [3.05, 3.63) is 0 Å². The van der Waals surface area contributed by atoms with E-state index in [0.29, 0.717) is 18.7 Å². The molecule has 1 N–H and O–H groups in total. The first-order valence-corrected chi connectivity index (χ1v) is 6.52. The second-order valence-electron chi connectivity index (χ2n) is 3.74. The van der Waals surface area contributed by atoms with E-state index >= 15 is 0 Å². The highest BCUT2D eigenvalue weighted by Gasteiger charge is 2.28. The van der Waals surface area contributed by atoms with Gasteiger partial charge in [-0.1, -0.05) is 6.92 Å². The van der Waals surface area contributed by atoms with Crippen LogP contribution in [0.5, 0.6) is 0 Å². The molecule has 14 heavy (non-hydrogen) atoms. The Morgan fingerprint density at radius 3 is 2.21 bits per heavy atom. The van der Waals surface area contributed by atoms with Gasteiger partial charge in [0.25, 0.3) is 10.2 Å². The third-order valence-corrected chi connectivity index (χ3v) is 4.18. The average Bonchev–Trinajstić information content (AvgIpc) is 2.03. The number of hydrogen-bond donors (Lipinski definition) is 1. The van der Waals surface area contributed by atoms with Crippen LogP contribution in [-0.2, 0) is 10.2 Å². The second-order valence-corrected chi connectivity index (χ2v) is 6.01. The zero-order chi connectivity index (χ0) is 11.4. The van der Waals surface area contributed by atoms with Gasteiger partial charge in [0.2, 0.25) is 0 Å². The summed E-state index contributed by atoms with van der Waals surface area (Å²) in [6.45, 7) is 3.79. The van der Waals surface area contributed by atoms with Gasteiger partial charge >= 0.3 is 0 Å². The van der Waals surface area contributed by atoms with Gasteiger partial charge in [0.15, 0.2) is 0 Å². The first-order valence-electron chi connectivity index (χ1n) is 4.55. The lowest BCUT2D eigenvalue weighted by molar-refractivity contribution is 0.376. The molecule has 0 saturated heterocycles. The molecule has 1 unspecified atom stereocenters. The predicted molar refractivity (Wildman–Crippen MR) is 59.8 cm³/mol. The van der Waals surface area contributed by atoms with E-state index < -0.39 is 15.7 Å². The second kappa shape index (κ2) is 5.30. The molecule has 86 valence electrons. The molecule has 0 aromatic rings. The summed E-state index contributed by atoms with van der Waals surface area (Å²) in [6.07, 6.45) is 1.34. The minimum Gasteiger partial charge on any atom is -0.196 e. The number of rotatable bonds is 6. The fraction of sp³-hybridized carbons (Fsp3) is 1.00. The molecule has 0 radical (unpaired) electrons. The van der Waals surface area contributed by atoms with Gasteiger partial charge in [-0.15, -0.1) is 11.6 Å². The molecule has 0 saturated carbocycles. The van der Waals surface area contributed by atoms with Crippen LogP contribution in [0, 0.1) is 0 Å². The van der Waals surface area contributed by atoms with Crippen LogP contribution < -0.4 is 4.72 Å². The molecular weight excluding hydrogens is 224 g/mol. The van der Waals surface area contributed by atoms with Crippen molar-refractivity contribution >= 4 is 21.8 Å². The molecule has 4 nitrogen and oxygen atoms in total. The molecule has 1 atom stereocenters. The van der Waals surface area contributed by atoms with Crippen LogP contribution in [-0.4, -0.2) is 38.2 Å². The number of nitrogens with zero attached hydrogens (tertiary/aromatic N) is 1. The molecule has 0 rings (SSSR count). The third kappa shape index (κ3) is 4.13. The number of halogens is 1. The summed E-state index contributed by atoms with van der Waals surface area (Å²) < 4.78 is 26.9. The Kier molecular flexibility index (Phi) is 5.36. The molecule has 0 aliphatic rings. The van der Waals surface area contributed by atoms with Crippen LogP contribution in [0.25, 0.3) is 0 Å². The van der Waals surface area contributed by atoms with Crippen LogP contribution in [0.15, 0.2) is 0 Å². The lowest BCUT2D eigenvalue weighted by atomic mass is 9.97. The zero-order valence-corrected chi connectivity index (χ0v) is 10.7. The lowest BCUT2D eigenvalue weighted by Gasteiger charge is -2.29. The Balaban J connectivity index is 4.62. The van der Waals surface area contributed by atoms with Crippen molar-refractivity contribution in [2.24, 2.45) is 0 Å². The van der Waals surface area contributed by atoms with E-state index in [2.05, 4.69) is 4.72 Å². The maximum atomic E-state index is 11.6. The van der Waals surface area contributed by atoms with E-state index in [-0.39, 0.29) is 0 Å². The summed E-state index contributed by atoms with van der Waals surface area (Å²) in [7, 11) is -0.367. The summed E-state index contributed by atoms with van der Waals surface area (Å²) >= 11 is 5.62. The average molecular weight is 243 g/mol. The van der Waals surface area contributed by atoms with Crippen molar-refractivity contribution in [2.45, 2.75) is 32.2 Å². The monoisotopic (exact) mass is 242 g/mol. The summed E-state index contributed by atoms with van der Waals surface area (Å²) in [6, 6.07) is 0. The van der Waals surface area contributed by atoms with E-state index in [9.17, 15) is 8.42 Å². The molecular formula is C8H19ClN2O2S. The van der Waals surface area contributed by atoms with Crippen molar-refractivity contribution in [2.75, 3.05) is 20.0 Å². The number of alkyl halides is 1. The lowest BCUT2D eigenvalue weighted by Crippen LogP contribution is -2.50. The highest BCUT2D eigenvalue weighted by atomic mass is 35.5. The SMILES string of the molecule is CCC(C)(CCCl)NS(=O)(=O)N(C)C. The van der Waals surface area contributed by atoms with Crippen molar-refractivity contribution < 1.29 is 8.42 Å². The Morgan fingerprint density at radius 2 is 1.93 bits per heavy atom. The van der Waals surface area contributed by atoms with Crippen LogP contribution in [0.1, 0.15) is 26.7 Å². The molecule has 0 bridgehead atoms. The van der Waals surface area contributed by atoms with Gasteiger partial charge in [-0.25, -0.2) is 0 Å². The largest absolute Gasteiger partial charge is 0.279 e. The Hall–Kier alpha value is 0.160. The summed E-state index contributed by atoms with van der Waals surface area (Å²) in [5, 5.41) is 0. The molecule has 0 aromatic heterocycles. The highest BCUT2D eigenvalue weighted by Crippen LogP contribution is 2.16. The van der Waals surface area contributed by atoms with E-state index in [0.717, 1.165) is 4.31 Å². The summed E-state index contributed by atoms with van der Waals surface area (Å²) in [4.78, 5) is 0. The molecule has 0 amide bonds. The molecule has 0 heterocycles. The van der Waals surface area contributed by atoms with Gasteiger partial charge in [-0.3, -0.25) is 0 Å². The van der Waals surface area contributed by atoms with E-state index in [1.165, 1.54) is 14.1 Å². The van der Waals surface area contributed by atoms with E-state index in [1.807, 2.05) is 13.8 Å². The Bertz CT molecular complexity index is 267. The van der Waals surface area contributed by atoms with Crippen LogP contribution in [0.4, 0.5) is 0 Å². The Labute approximate surface area is 91.8 Å². The van der Waals surface area contributed by atoms with Gasteiger partial charge in [0.05, 0.1) is 0 Å². The first-order chi connectivity index (χ1) is 6.27. The minimum absolute atomic E-state index is 0.445. The predicted octanol–water partition coefficient (Wildman–Crippen LogP) is 1.18. The van der Waals surface area contributed by atoms with E-state index in [1.54, 1.807) is 0 Å². The zero-order valence-electron chi connectivity index (χ0n) is 9.17. The van der Waals surface area contributed by atoms with Gasteiger partial charge in [0, 0.05) is 25.5 Å². The first kappa shape index (κ1) is 14.2. The molecule has 6 heteroatoms. The van der Waals surface area contributed by atoms with Crippen molar-refractivity contribution in [1.82, 2.24) is 9.03 Å². The van der Waals surface area contributed by atoms with E-state index in [4.69, 9.17) is 11.6 Å². The summed E-state index contributed by atoms with van der Waals surface area (Å²) in [5.74, 6) is 0.445. The topological polar surface area (TPSA) is 49.4 Å². The smallest absolute Gasteiger partial charge is 0.196 e. The van der Waals surface area contributed by atoms with Gasteiger partial charge in [-0.2, -0.15) is 17.4 Å². The van der Waals surface area contributed by atoms with Crippen molar-refractivity contribution in [3.63, 3.8) is 0 Å². The van der Waals surface area contributed by atoms with Crippen LogP contribution >= 0.6 is 11.6 Å². The quantitative estimate of drug-likeness (QED) is 0.712. The van der Waals surface area contributed by atoms with Crippen molar-refractivity contribution in [1.29, 1.82) is 0 Å². The fourth-order valence-corrected chi connectivity index (χ4v) is 2.38. The maximum absolute atomic E-state index is 11.6. The number of nitrogens with one attached hydrogen (secondary N) is 1. The van der Waals surface area contributed by atoms with Gasteiger partial charge in [0.1, 0.15) is 0 Å². The normalized spacial score (nSPS) is 17.0. The summed E-state index contributed by atoms with van der Waals surface area (Å²) in [5.41, 5.74) is -0.454. The molecule has 0 aliphatic carbocycles. The van der Waals surface area contributed by atoms with Crippen molar-refractivity contribution in [3.8, 4) is 0 Å². The standard InChI is InChI=1S/C8H19ClN2O2S/c1-5-8(2,6-7-9)10-14(12,13)11(3)4/h10H,5-7H2,1-4H3. The fourth-order valence-electron chi connectivity index (χ4n) is 0.911. The third-order valence-electron chi connectivity index (χ3n) is 2.28. The number of hydrogen-bond acceptors (Lipinski definition) is 2. The molecule has 0 aromatic carbocycles. The van der Waals surface area contributed by atoms with Gasteiger partial charge < -0.3 is 0 Å².